The lowest BCUT2D eigenvalue weighted by Gasteiger charge is -2.29. The Hall–Kier alpha value is -2.08. The highest BCUT2D eigenvalue weighted by Gasteiger charge is 2.25. The van der Waals surface area contributed by atoms with Crippen molar-refractivity contribution in [2.45, 2.75) is 46.1 Å². The Morgan fingerprint density at radius 3 is 2.69 bits per heavy atom. The molecule has 1 atom stereocenters. The normalized spacial score (nSPS) is 14.7. The van der Waals surface area contributed by atoms with Crippen LogP contribution < -0.4 is 9.64 Å². The Morgan fingerprint density at radius 1 is 1.23 bits per heavy atom. The summed E-state index contributed by atoms with van der Waals surface area (Å²) in [4.78, 5) is 26.2. The van der Waals surface area contributed by atoms with E-state index in [1.165, 1.54) is 0 Å². The van der Waals surface area contributed by atoms with Gasteiger partial charge in [-0.25, -0.2) is 4.79 Å². The van der Waals surface area contributed by atoms with Crippen molar-refractivity contribution in [1.29, 1.82) is 0 Å². The Bertz CT molecular complexity index is 629. The third-order valence-corrected chi connectivity index (χ3v) is 4.44. The topological polar surface area (TPSA) is 65.1 Å². The number of carbonyl (C=O) groups is 2. The maximum atomic E-state index is 12.5. The first-order valence-corrected chi connectivity index (χ1v) is 9.18. The number of hydrogen-bond acceptors (Lipinski definition) is 5. The van der Waals surface area contributed by atoms with Gasteiger partial charge in [0.2, 0.25) is 0 Å². The van der Waals surface area contributed by atoms with Gasteiger partial charge in [0.05, 0.1) is 7.11 Å². The van der Waals surface area contributed by atoms with Crippen molar-refractivity contribution < 1.29 is 23.8 Å². The summed E-state index contributed by atoms with van der Waals surface area (Å²) >= 11 is 0. The molecule has 1 heterocycles. The maximum absolute atomic E-state index is 12.5. The number of carbonyl (C=O) groups excluding carboxylic acids is 2. The number of nitrogens with zero attached hydrogens (tertiary/aromatic N) is 1. The van der Waals surface area contributed by atoms with Crippen LogP contribution in [0.3, 0.4) is 0 Å². The van der Waals surface area contributed by atoms with E-state index in [-0.39, 0.29) is 12.5 Å². The largest absolute Gasteiger partial charge is 0.497 e. The third kappa shape index (κ3) is 5.46. The number of anilines is 1. The van der Waals surface area contributed by atoms with Crippen molar-refractivity contribution in [1.82, 2.24) is 0 Å². The molecule has 26 heavy (non-hydrogen) atoms. The molecule has 2 rings (SSSR count). The monoisotopic (exact) mass is 363 g/mol. The first kappa shape index (κ1) is 20.2. The number of fused-ring (bicyclic) bond motifs is 1. The lowest BCUT2D eigenvalue weighted by Crippen LogP contribution is -2.39. The number of hydrogen-bond donors (Lipinski definition) is 0. The van der Waals surface area contributed by atoms with Crippen LogP contribution in [-0.4, -0.2) is 44.8 Å². The van der Waals surface area contributed by atoms with E-state index in [2.05, 4.69) is 13.8 Å². The molecule has 144 valence electrons. The molecule has 1 amide bonds. The van der Waals surface area contributed by atoms with Crippen LogP contribution in [0.25, 0.3) is 0 Å². The molecule has 0 saturated heterocycles. The molecule has 0 saturated carbocycles. The fourth-order valence-corrected chi connectivity index (χ4v) is 2.84. The summed E-state index contributed by atoms with van der Waals surface area (Å²) < 4.78 is 15.9. The van der Waals surface area contributed by atoms with E-state index in [0.717, 1.165) is 36.3 Å². The average Bonchev–Trinajstić information content (AvgIpc) is 2.64. The van der Waals surface area contributed by atoms with E-state index in [1.54, 1.807) is 18.9 Å². The summed E-state index contributed by atoms with van der Waals surface area (Å²) in [6.45, 7) is 6.69. The van der Waals surface area contributed by atoms with Crippen LogP contribution >= 0.6 is 0 Å². The van der Waals surface area contributed by atoms with Gasteiger partial charge >= 0.3 is 5.97 Å². The second-order valence-corrected chi connectivity index (χ2v) is 6.95. The van der Waals surface area contributed by atoms with Crippen LogP contribution in [-0.2, 0) is 25.5 Å². The summed E-state index contributed by atoms with van der Waals surface area (Å²) in [5, 5.41) is 0. The van der Waals surface area contributed by atoms with Gasteiger partial charge in [-0.2, -0.15) is 0 Å². The summed E-state index contributed by atoms with van der Waals surface area (Å²) in [7, 11) is 1.62. The standard InChI is InChI=1S/C20H29NO5/c1-14(2)9-11-25-15(3)20(23)26-13-19(22)21-10-5-6-16-12-17(24-4)7-8-18(16)21/h7-8,12,14-15H,5-6,9-11,13H2,1-4H3. The number of esters is 1. The van der Waals surface area contributed by atoms with E-state index in [4.69, 9.17) is 14.2 Å². The molecule has 0 fully saturated rings. The van der Waals surface area contributed by atoms with Crippen LogP contribution in [0.15, 0.2) is 18.2 Å². The molecule has 1 aliphatic heterocycles. The third-order valence-electron chi connectivity index (χ3n) is 4.44. The summed E-state index contributed by atoms with van der Waals surface area (Å²) in [5.41, 5.74) is 1.93. The average molecular weight is 363 g/mol. The lowest BCUT2D eigenvalue weighted by atomic mass is 10.0. The van der Waals surface area contributed by atoms with Crippen LogP contribution in [0.1, 0.15) is 39.2 Å². The zero-order chi connectivity index (χ0) is 19.1. The summed E-state index contributed by atoms with van der Waals surface area (Å²) in [6.07, 6.45) is 1.98. The number of rotatable bonds is 8. The van der Waals surface area contributed by atoms with Gasteiger partial charge in [-0.1, -0.05) is 13.8 Å². The highest BCUT2D eigenvalue weighted by atomic mass is 16.6. The van der Waals surface area contributed by atoms with Gasteiger partial charge in [0.15, 0.2) is 12.7 Å². The van der Waals surface area contributed by atoms with Crippen molar-refractivity contribution in [3.8, 4) is 5.75 Å². The van der Waals surface area contributed by atoms with E-state index in [0.29, 0.717) is 19.1 Å². The highest BCUT2D eigenvalue weighted by molar-refractivity contribution is 5.96. The Kier molecular flexibility index (Phi) is 7.45. The van der Waals surface area contributed by atoms with Gasteiger partial charge in [0, 0.05) is 18.8 Å². The van der Waals surface area contributed by atoms with Crippen molar-refractivity contribution >= 4 is 17.6 Å². The first-order chi connectivity index (χ1) is 12.4. The summed E-state index contributed by atoms with van der Waals surface area (Å²) in [5.74, 6) is 0.558. The zero-order valence-corrected chi connectivity index (χ0v) is 16.1. The first-order valence-electron chi connectivity index (χ1n) is 9.18. The molecule has 0 radical (unpaired) electrons. The van der Waals surface area contributed by atoms with E-state index in [1.807, 2.05) is 18.2 Å². The molecule has 0 N–H and O–H groups in total. The minimum atomic E-state index is -0.667. The second kappa shape index (κ2) is 9.57. The number of methoxy groups -OCH3 is 1. The molecular weight excluding hydrogens is 334 g/mol. The Morgan fingerprint density at radius 2 is 2.00 bits per heavy atom. The van der Waals surface area contributed by atoms with Gasteiger partial charge < -0.3 is 19.1 Å². The SMILES string of the molecule is COc1ccc2c(c1)CCCN2C(=O)COC(=O)C(C)OCCC(C)C. The molecule has 6 heteroatoms. The van der Waals surface area contributed by atoms with Gasteiger partial charge in [-0.3, -0.25) is 4.79 Å². The van der Waals surface area contributed by atoms with Gasteiger partial charge in [0.1, 0.15) is 5.75 Å². The molecule has 1 aromatic carbocycles. The van der Waals surface area contributed by atoms with Crippen LogP contribution in [0.2, 0.25) is 0 Å². The van der Waals surface area contributed by atoms with Crippen LogP contribution in [0.5, 0.6) is 5.75 Å². The molecule has 1 aromatic rings. The Balaban J connectivity index is 1.88. The van der Waals surface area contributed by atoms with Crippen LogP contribution in [0.4, 0.5) is 5.69 Å². The molecule has 6 nitrogen and oxygen atoms in total. The number of benzene rings is 1. The van der Waals surface area contributed by atoms with Gasteiger partial charge in [-0.15, -0.1) is 0 Å². The second-order valence-electron chi connectivity index (χ2n) is 6.95. The maximum Gasteiger partial charge on any atom is 0.335 e. The van der Waals surface area contributed by atoms with Crippen molar-refractivity contribution in [2.75, 3.05) is 31.8 Å². The molecule has 0 aromatic heterocycles. The van der Waals surface area contributed by atoms with E-state index < -0.39 is 12.1 Å². The van der Waals surface area contributed by atoms with Gasteiger partial charge in [-0.05, 0) is 55.9 Å². The van der Waals surface area contributed by atoms with E-state index >= 15 is 0 Å². The molecule has 0 bridgehead atoms. The van der Waals surface area contributed by atoms with Crippen molar-refractivity contribution in [2.24, 2.45) is 5.92 Å². The van der Waals surface area contributed by atoms with Crippen molar-refractivity contribution in [3.63, 3.8) is 0 Å². The molecule has 0 aliphatic carbocycles. The number of ether oxygens (including phenoxy) is 3. The lowest BCUT2D eigenvalue weighted by molar-refractivity contribution is -0.158. The fourth-order valence-electron chi connectivity index (χ4n) is 2.84. The highest BCUT2D eigenvalue weighted by Crippen LogP contribution is 2.30. The molecule has 1 unspecified atom stereocenters. The molecular formula is C20H29NO5. The number of aryl methyl sites for hydroxylation is 1. The number of amides is 1. The predicted molar refractivity (Wildman–Crippen MR) is 99.5 cm³/mol. The predicted octanol–water partition coefficient (Wildman–Crippen LogP) is 2.97. The zero-order valence-electron chi connectivity index (χ0n) is 16.1. The van der Waals surface area contributed by atoms with Crippen LogP contribution in [0, 0.1) is 5.92 Å². The molecule has 0 spiro atoms. The van der Waals surface area contributed by atoms with Crippen molar-refractivity contribution in [3.05, 3.63) is 23.8 Å². The smallest absolute Gasteiger partial charge is 0.335 e. The molecule has 1 aliphatic rings. The fraction of sp³-hybridized carbons (Fsp3) is 0.600. The minimum absolute atomic E-state index is 0.223. The quantitative estimate of drug-likeness (QED) is 0.665. The minimum Gasteiger partial charge on any atom is -0.497 e. The Labute approximate surface area is 155 Å². The van der Waals surface area contributed by atoms with Gasteiger partial charge in [0.25, 0.3) is 5.91 Å². The summed E-state index contributed by atoms with van der Waals surface area (Å²) in [6, 6.07) is 5.66. The van der Waals surface area contributed by atoms with E-state index in [9.17, 15) is 9.59 Å².